The third-order valence-electron chi connectivity index (χ3n) is 5.50. The lowest BCUT2D eigenvalue weighted by molar-refractivity contribution is -0.126. The molecule has 150 valence electrons. The van der Waals surface area contributed by atoms with Gasteiger partial charge in [-0.25, -0.2) is 0 Å². The molecule has 2 aromatic carbocycles. The fraction of sp³-hybridized carbons (Fsp3) is 0.318. The first-order chi connectivity index (χ1) is 13.9. The normalized spacial score (nSPS) is 18.1. The lowest BCUT2D eigenvalue weighted by atomic mass is 10.1. The van der Waals surface area contributed by atoms with E-state index in [0.29, 0.717) is 24.7 Å². The average Bonchev–Trinajstić information content (AvgIpc) is 3.29. The fourth-order valence-corrected chi connectivity index (χ4v) is 4.21. The molecule has 2 aromatic rings. The number of anilines is 2. The van der Waals surface area contributed by atoms with Gasteiger partial charge in [-0.2, -0.15) is 0 Å². The number of carbonyl (C=O) groups is 3. The van der Waals surface area contributed by atoms with Gasteiger partial charge in [0.2, 0.25) is 17.7 Å². The number of rotatable bonds is 4. The molecule has 1 saturated heterocycles. The van der Waals surface area contributed by atoms with Crippen LogP contribution in [0.4, 0.5) is 11.4 Å². The molecular weight excluding hydrogens is 390 g/mol. The van der Waals surface area contributed by atoms with Crippen molar-refractivity contribution in [2.45, 2.75) is 26.3 Å². The number of fused-ring (bicyclic) bond motifs is 1. The highest BCUT2D eigenvalue weighted by Gasteiger charge is 2.35. The van der Waals surface area contributed by atoms with Crippen LogP contribution in [-0.2, 0) is 27.3 Å². The van der Waals surface area contributed by atoms with Gasteiger partial charge >= 0.3 is 0 Å². The molecule has 0 radical (unpaired) electrons. The van der Waals surface area contributed by atoms with Crippen LogP contribution in [0, 0.1) is 5.92 Å². The molecule has 0 aromatic heterocycles. The first-order valence-electron chi connectivity index (χ1n) is 9.66. The molecule has 0 spiro atoms. The van der Waals surface area contributed by atoms with E-state index in [1.54, 1.807) is 22.8 Å². The van der Waals surface area contributed by atoms with Gasteiger partial charge < -0.3 is 15.1 Å². The van der Waals surface area contributed by atoms with Crippen LogP contribution in [0.1, 0.15) is 24.5 Å². The summed E-state index contributed by atoms with van der Waals surface area (Å²) >= 11 is 5.97. The van der Waals surface area contributed by atoms with Crippen LogP contribution in [-0.4, -0.2) is 30.8 Å². The summed E-state index contributed by atoms with van der Waals surface area (Å²) in [7, 11) is 0. The van der Waals surface area contributed by atoms with E-state index >= 15 is 0 Å². The molecule has 0 saturated carbocycles. The minimum Gasteiger partial charge on any atom is -0.352 e. The number of hydrogen-bond donors (Lipinski definition) is 1. The molecule has 2 aliphatic rings. The molecule has 0 unspecified atom stereocenters. The number of benzene rings is 2. The van der Waals surface area contributed by atoms with Gasteiger partial charge in [-0.3, -0.25) is 14.4 Å². The Morgan fingerprint density at radius 2 is 2.03 bits per heavy atom. The van der Waals surface area contributed by atoms with Crippen molar-refractivity contribution in [3.8, 4) is 0 Å². The highest BCUT2D eigenvalue weighted by atomic mass is 35.5. The lowest BCUT2D eigenvalue weighted by Gasteiger charge is -2.19. The first-order valence-corrected chi connectivity index (χ1v) is 10.0. The molecule has 2 heterocycles. The van der Waals surface area contributed by atoms with E-state index in [2.05, 4.69) is 5.32 Å². The van der Waals surface area contributed by atoms with Crippen molar-refractivity contribution in [2.75, 3.05) is 22.9 Å². The quantitative estimate of drug-likeness (QED) is 0.841. The Labute approximate surface area is 174 Å². The summed E-state index contributed by atoms with van der Waals surface area (Å²) in [4.78, 5) is 40.2. The predicted octanol–water partition coefficient (Wildman–Crippen LogP) is 2.92. The molecule has 29 heavy (non-hydrogen) atoms. The second-order valence-electron chi connectivity index (χ2n) is 7.49. The van der Waals surface area contributed by atoms with Crippen molar-refractivity contribution in [2.24, 2.45) is 5.92 Å². The highest BCUT2D eigenvalue weighted by Crippen LogP contribution is 2.34. The molecule has 0 aliphatic carbocycles. The van der Waals surface area contributed by atoms with Crippen LogP contribution in [0.15, 0.2) is 42.5 Å². The van der Waals surface area contributed by atoms with Gasteiger partial charge in [0.15, 0.2) is 0 Å². The Bertz CT molecular complexity index is 991. The molecule has 1 N–H and O–H groups in total. The van der Waals surface area contributed by atoms with Gasteiger partial charge in [-0.05, 0) is 47.9 Å². The minimum absolute atomic E-state index is 0.0187. The van der Waals surface area contributed by atoms with E-state index in [-0.39, 0.29) is 30.1 Å². The number of hydrogen-bond acceptors (Lipinski definition) is 3. The van der Waals surface area contributed by atoms with Gasteiger partial charge in [0, 0.05) is 49.4 Å². The van der Waals surface area contributed by atoms with Gasteiger partial charge in [0.25, 0.3) is 0 Å². The molecule has 7 heteroatoms. The number of nitrogens with one attached hydrogen (secondary N) is 1. The number of halogens is 1. The highest BCUT2D eigenvalue weighted by molar-refractivity contribution is 6.30. The van der Waals surface area contributed by atoms with Crippen LogP contribution < -0.4 is 15.1 Å². The van der Waals surface area contributed by atoms with Crippen LogP contribution in [0.25, 0.3) is 0 Å². The van der Waals surface area contributed by atoms with Crippen molar-refractivity contribution in [3.05, 3.63) is 58.6 Å². The van der Waals surface area contributed by atoms with Crippen LogP contribution >= 0.6 is 11.6 Å². The maximum Gasteiger partial charge on any atom is 0.227 e. The molecule has 1 atom stereocenters. The average molecular weight is 412 g/mol. The van der Waals surface area contributed by atoms with Crippen molar-refractivity contribution < 1.29 is 14.4 Å². The molecule has 6 nitrogen and oxygen atoms in total. The fourth-order valence-electron chi connectivity index (χ4n) is 4.00. The Balaban J connectivity index is 1.42. The maximum absolute atomic E-state index is 12.6. The van der Waals surface area contributed by atoms with Crippen molar-refractivity contribution in [1.82, 2.24) is 5.32 Å². The Kier molecular flexibility index (Phi) is 5.28. The SMILES string of the molecule is CC(=O)N1CCc2cc(N3C[C@@H](C(=O)NCc4cccc(Cl)c4)CC3=O)ccc21. The van der Waals surface area contributed by atoms with E-state index in [4.69, 9.17) is 11.6 Å². The van der Waals surface area contributed by atoms with E-state index < -0.39 is 0 Å². The second-order valence-corrected chi connectivity index (χ2v) is 7.92. The summed E-state index contributed by atoms with van der Waals surface area (Å²) in [5.41, 5.74) is 3.66. The molecule has 1 fully saturated rings. The second kappa shape index (κ2) is 7.87. The molecular formula is C22H22ClN3O3. The van der Waals surface area contributed by atoms with Crippen molar-refractivity contribution in [1.29, 1.82) is 0 Å². The zero-order valence-corrected chi connectivity index (χ0v) is 16.9. The number of amides is 3. The number of nitrogens with zero attached hydrogens (tertiary/aromatic N) is 2. The minimum atomic E-state index is -0.386. The van der Waals surface area contributed by atoms with Crippen molar-refractivity contribution >= 4 is 40.7 Å². The summed E-state index contributed by atoms with van der Waals surface area (Å²) in [5.74, 6) is -0.562. The third kappa shape index (κ3) is 3.98. The van der Waals surface area contributed by atoms with E-state index in [1.165, 1.54) is 0 Å². The predicted molar refractivity (Wildman–Crippen MR) is 112 cm³/mol. The monoisotopic (exact) mass is 411 g/mol. The zero-order chi connectivity index (χ0) is 20.5. The topological polar surface area (TPSA) is 69.7 Å². The standard InChI is InChI=1S/C22H22ClN3O3/c1-14(27)25-8-7-16-10-19(5-6-20(16)25)26-13-17(11-21(26)28)22(29)24-12-15-3-2-4-18(23)9-15/h2-6,9-10,17H,7-8,11-13H2,1H3,(H,24,29)/t17-/m0/s1. The Hall–Kier alpha value is -2.86. The number of carbonyl (C=O) groups excluding carboxylic acids is 3. The molecule has 2 aliphatic heterocycles. The van der Waals surface area contributed by atoms with E-state index in [1.807, 2.05) is 36.4 Å². The Morgan fingerprint density at radius 3 is 2.79 bits per heavy atom. The molecule has 4 rings (SSSR count). The van der Waals surface area contributed by atoms with Gasteiger partial charge in [0.1, 0.15) is 0 Å². The smallest absolute Gasteiger partial charge is 0.227 e. The van der Waals surface area contributed by atoms with Crippen molar-refractivity contribution in [3.63, 3.8) is 0 Å². The van der Waals surface area contributed by atoms with E-state index in [0.717, 1.165) is 28.9 Å². The summed E-state index contributed by atoms with van der Waals surface area (Å²) in [6.45, 7) is 2.95. The van der Waals surface area contributed by atoms with Gasteiger partial charge in [-0.1, -0.05) is 23.7 Å². The summed E-state index contributed by atoms with van der Waals surface area (Å²) < 4.78 is 0. The summed E-state index contributed by atoms with van der Waals surface area (Å²) in [6.07, 6.45) is 0.965. The molecule has 3 amide bonds. The zero-order valence-electron chi connectivity index (χ0n) is 16.2. The Morgan fingerprint density at radius 1 is 1.21 bits per heavy atom. The third-order valence-corrected chi connectivity index (χ3v) is 5.74. The summed E-state index contributed by atoms with van der Waals surface area (Å²) in [5, 5.41) is 3.52. The van der Waals surface area contributed by atoms with Gasteiger partial charge in [-0.15, -0.1) is 0 Å². The first kappa shape index (κ1) is 19.5. The maximum atomic E-state index is 12.6. The molecule has 0 bridgehead atoms. The van der Waals surface area contributed by atoms with E-state index in [9.17, 15) is 14.4 Å². The largest absolute Gasteiger partial charge is 0.352 e. The van der Waals surface area contributed by atoms with Crippen LogP contribution in [0.2, 0.25) is 5.02 Å². The van der Waals surface area contributed by atoms with Crippen LogP contribution in [0.5, 0.6) is 0 Å². The van der Waals surface area contributed by atoms with Gasteiger partial charge in [0.05, 0.1) is 5.92 Å². The lowest BCUT2D eigenvalue weighted by Crippen LogP contribution is -2.32. The van der Waals surface area contributed by atoms with Crippen LogP contribution in [0.3, 0.4) is 0 Å². The summed E-state index contributed by atoms with van der Waals surface area (Å²) in [6, 6.07) is 13.0.